The number of thiophene rings is 1. The smallest absolute Gasteiger partial charge is 0.0305 e. The van der Waals surface area contributed by atoms with Crippen molar-refractivity contribution in [1.82, 2.24) is 5.32 Å². The molecule has 1 aromatic rings. The number of aryl methyl sites for hydroxylation is 1. The van der Waals surface area contributed by atoms with Crippen LogP contribution in [-0.4, -0.2) is 6.04 Å². The van der Waals surface area contributed by atoms with Crippen LogP contribution in [-0.2, 0) is 13.0 Å². The largest absolute Gasteiger partial charge is 0.308 e. The molecule has 2 aliphatic carbocycles. The topological polar surface area (TPSA) is 12.0 Å². The van der Waals surface area contributed by atoms with Crippen LogP contribution < -0.4 is 5.32 Å². The van der Waals surface area contributed by atoms with Gasteiger partial charge >= 0.3 is 0 Å². The van der Waals surface area contributed by atoms with Crippen LogP contribution in [0.3, 0.4) is 0 Å². The van der Waals surface area contributed by atoms with Crippen molar-refractivity contribution in [2.75, 3.05) is 0 Å². The zero-order chi connectivity index (χ0) is 11.0. The molecule has 1 heterocycles. The summed E-state index contributed by atoms with van der Waals surface area (Å²) in [6, 6.07) is 3.01. The van der Waals surface area contributed by atoms with Crippen LogP contribution in [0.4, 0.5) is 0 Å². The summed E-state index contributed by atoms with van der Waals surface area (Å²) in [5.74, 6) is 1.80. The van der Waals surface area contributed by atoms with Gasteiger partial charge in [0.1, 0.15) is 0 Å². The Morgan fingerprint density at radius 1 is 1.50 bits per heavy atom. The van der Waals surface area contributed by atoms with Crippen LogP contribution in [0.25, 0.3) is 0 Å². The third-order valence-electron chi connectivity index (χ3n) is 4.11. The Kier molecular flexibility index (Phi) is 2.86. The lowest BCUT2D eigenvalue weighted by Crippen LogP contribution is -2.47. The van der Waals surface area contributed by atoms with Gasteiger partial charge in [-0.3, -0.25) is 0 Å². The molecule has 1 aromatic heterocycles. The van der Waals surface area contributed by atoms with Crippen molar-refractivity contribution in [2.24, 2.45) is 11.8 Å². The number of rotatable bonds is 4. The van der Waals surface area contributed by atoms with E-state index < -0.39 is 0 Å². The fourth-order valence-corrected chi connectivity index (χ4v) is 3.94. The fourth-order valence-electron chi connectivity index (χ4n) is 3.01. The summed E-state index contributed by atoms with van der Waals surface area (Å²) >= 11 is 1.90. The van der Waals surface area contributed by atoms with Gasteiger partial charge in [-0.2, -0.15) is 0 Å². The second-order valence-corrected chi connectivity index (χ2v) is 5.95. The molecule has 86 valence electrons. The van der Waals surface area contributed by atoms with Crippen molar-refractivity contribution in [3.63, 3.8) is 0 Å². The summed E-state index contributed by atoms with van der Waals surface area (Å²) < 4.78 is 0. The molecule has 1 fully saturated rings. The molecule has 0 aliphatic heterocycles. The normalized spacial score (nSPS) is 31.4. The summed E-state index contributed by atoms with van der Waals surface area (Å²) in [6.45, 7) is 3.31. The lowest BCUT2D eigenvalue weighted by atomic mass is 9.71. The zero-order valence-corrected chi connectivity index (χ0v) is 10.6. The molecule has 0 spiro atoms. The summed E-state index contributed by atoms with van der Waals surface area (Å²) in [5, 5.41) is 5.94. The molecule has 0 amide bonds. The second kappa shape index (κ2) is 4.34. The maximum Gasteiger partial charge on any atom is 0.0305 e. The quantitative estimate of drug-likeness (QED) is 0.786. The number of fused-ring (bicyclic) bond motifs is 1. The average molecular weight is 233 g/mol. The van der Waals surface area contributed by atoms with Gasteiger partial charge in [-0.25, -0.2) is 0 Å². The van der Waals surface area contributed by atoms with Crippen LogP contribution in [0, 0.1) is 11.8 Å². The molecule has 0 bridgehead atoms. The molecule has 3 unspecified atom stereocenters. The summed E-state index contributed by atoms with van der Waals surface area (Å²) in [5.41, 5.74) is 1.52. The highest BCUT2D eigenvalue weighted by atomic mass is 32.1. The molecular formula is C14H19NS. The van der Waals surface area contributed by atoms with Gasteiger partial charge in [0.2, 0.25) is 0 Å². The van der Waals surface area contributed by atoms with Gasteiger partial charge in [-0.1, -0.05) is 19.1 Å². The van der Waals surface area contributed by atoms with Crippen LogP contribution in [0.15, 0.2) is 23.6 Å². The molecule has 2 aliphatic rings. The predicted octanol–water partition coefficient (Wildman–Crippen LogP) is 3.36. The minimum Gasteiger partial charge on any atom is -0.308 e. The molecule has 0 aromatic carbocycles. The number of hydrogen-bond donors (Lipinski definition) is 1. The molecule has 1 N–H and O–H groups in total. The third kappa shape index (κ3) is 1.74. The maximum absolute atomic E-state index is 3.73. The molecule has 16 heavy (non-hydrogen) atoms. The maximum atomic E-state index is 3.73. The van der Waals surface area contributed by atoms with E-state index in [4.69, 9.17) is 0 Å². The monoisotopic (exact) mass is 233 g/mol. The first-order valence-corrected chi connectivity index (χ1v) is 7.21. The Morgan fingerprint density at radius 2 is 2.44 bits per heavy atom. The first-order valence-electron chi connectivity index (χ1n) is 6.33. The molecular weight excluding hydrogens is 214 g/mol. The van der Waals surface area contributed by atoms with Gasteiger partial charge in [0, 0.05) is 17.5 Å². The molecule has 3 atom stereocenters. The lowest BCUT2D eigenvalue weighted by molar-refractivity contribution is 0.162. The average Bonchev–Trinajstić information content (AvgIpc) is 2.86. The number of hydrogen-bond acceptors (Lipinski definition) is 2. The van der Waals surface area contributed by atoms with Gasteiger partial charge < -0.3 is 5.32 Å². The van der Waals surface area contributed by atoms with Crippen LogP contribution in [0.1, 0.15) is 30.2 Å². The lowest BCUT2D eigenvalue weighted by Gasteiger charge is -2.40. The van der Waals surface area contributed by atoms with Crippen LogP contribution in [0.2, 0.25) is 0 Å². The predicted molar refractivity (Wildman–Crippen MR) is 69.7 cm³/mol. The van der Waals surface area contributed by atoms with E-state index in [0.717, 1.165) is 30.8 Å². The van der Waals surface area contributed by atoms with Crippen molar-refractivity contribution in [2.45, 2.75) is 38.8 Å². The van der Waals surface area contributed by atoms with Gasteiger partial charge in [0.25, 0.3) is 0 Å². The first-order chi connectivity index (χ1) is 7.88. The van der Waals surface area contributed by atoms with Crippen molar-refractivity contribution in [3.05, 3.63) is 34.0 Å². The van der Waals surface area contributed by atoms with Gasteiger partial charge in [0.15, 0.2) is 0 Å². The molecule has 0 saturated heterocycles. The molecule has 1 nitrogen and oxygen atoms in total. The second-order valence-electron chi connectivity index (χ2n) is 4.95. The van der Waals surface area contributed by atoms with E-state index in [9.17, 15) is 0 Å². The third-order valence-corrected chi connectivity index (χ3v) is 5.07. The Bertz CT molecular complexity index is 393. The van der Waals surface area contributed by atoms with Gasteiger partial charge in [-0.05, 0) is 48.1 Å². The van der Waals surface area contributed by atoms with Crippen LogP contribution >= 0.6 is 11.3 Å². The Morgan fingerprint density at radius 3 is 3.25 bits per heavy atom. The van der Waals surface area contributed by atoms with E-state index in [0.29, 0.717) is 0 Å². The highest BCUT2D eigenvalue weighted by molar-refractivity contribution is 7.10. The highest BCUT2D eigenvalue weighted by Gasteiger charge is 2.40. The van der Waals surface area contributed by atoms with Crippen molar-refractivity contribution in [3.8, 4) is 0 Å². The van der Waals surface area contributed by atoms with E-state index in [1.807, 2.05) is 11.3 Å². The van der Waals surface area contributed by atoms with Crippen molar-refractivity contribution >= 4 is 11.3 Å². The SMILES string of the molecule is CCc1ccsc1CNC1CC2CC=CC21. The van der Waals surface area contributed by atoms with Crippen LogP contribution in [0.5, 0.6) is 0 Å². The first kappa shape index (κ1) is 10.5. The summed E-state index contributed by atoms with van der Waals surface area (Å²) in [6.07, 6.45) is 8.64. The van der Waals surface area contributed by atoms with E-state index in [2.05, 4.69) is 35.8 Å². The Labute approximate surface area is 102 Å². The minimum absolute atomic E-state index is 0.746. The van der Waals surface area contributed by atoms with E-state index in [1.165, 1.54) is 23.3 Å². The summed E-state index contributed by atoms with van der Waals surface area (Å²) in [7, 11) is 0. The number of nitrogens with one attached hydrogen (secondary N) is 1. The van der Waals surface area contributed by atoms with Gasteiger partial charge in [-0.15, -0.1) is 11.3 Å². The standard InChI is InChI=1S/C14H19NS/c1-2-10-6-7-16-14(10)9-15-13-8-11-4-3-5-12(11)13/h3,5-7,11-13,15H,2,4,8-9H2,1H3. The van der Waals surface area contributed by atoms with Crippen molar-refractivity contribution < 1.29 is 0 Å². The molecule has 2 heteroatoms. The Balaban J connectivity index is 1.55. The molecule has 1 saturated carbocycles. The summed E-state index contributed by atoms with van der Waals surface area (Å²) in [4.78, 5) is 1.54. The number of allylic oxidation sites excluding steroid dienone is 1. The molecule has 0 radical (unpaired) electrons. The Hall–Kier alpha value is -0.600. The van der Waals surface area contributed by atoms with E-state index >= 15 is 0 Å². The highest BCUT2D eigenvalue weighted by Crippen LogP contribution is 2.42. The van der Waals surface area contributed by atoms with E-state index in [1.54, 1.807) is 0 Å². The zero-order valence-electron chi connectivity index (χ0n) is 9.78. The van der Waals surface area contributed by atoms with E-state index in [-0.39, 0.29) is 0 Å². The minimum atomic E-state index is 0.746. The van der Waals surface area contributed by atoms with Crippen molar-refractivity contribution in [1.29, 1.82) is 0 Å². The molecule has 3 rings (SSSR count). The fraction of sp³-hybridized carbons (Fsp3) is 0.571. The van der Waals surface area contributed by atoms with Gasteiger partial charge in [0.05, 0.1) is 0 Å².